The van der Waals surface area contributed by atoms with Crippen molar-refractivity contribution in [3.63, 3.8) is 0 Å². The minimum atomic E-state index is -1.02. The van der Waals surface area contributed by atoms with E-state index in [2.05, 4.69) is 10.5 Å². The number of nitrogens with zero attached hydrogens (tertiary/aromatic N) is 1. The molecule has 4 rings (SSSR count). The summed E-state index contributed by atoms with van der Waals surface area (Å²) in [6.07, 6.45) is -1.02. The molecule has 0 bridgehead atoms. The molecular formula is C27H26N2O7. The van der Waals surface area contributed by atoms with Crippen LogP contribution in [0.15, 0.2) is 78.0 Å². The summed E-state index contributed by atoms with van der Waals surface area (Å²) < 4.78 is 21.5. The van der Waals surface area contributed by atoms with Crippen LogP contribution in [0.5, 0.6) is 17.2 Å². The second-order valence-corrected chi connectivity index (χ2v) is 7.94. The molecule has 9 nitrogen and oxygen atoms in total. The van der Waals surface area contributed by atoms with Crippen molar-refractivity contribution in [2.24, 2.45) is 5.16 Å². The van der Waals surface area contributed by atoms with E-state index in [0.29, 0.717) is 35.3 Å². The molecule has 0 saturated carbocycles. The van der Waals surface area contributed by atoms with Crippen molar-refractivity contribution in [3.8, 4) is 17.2 Å². The van der Waals surface area contributed by atoms with E-state index in [0.717, 1.165) is 11.1 Å². The predicted molar refractivity (Wildman–Crippen MR) is 132 cm³/mol. The smallest absolute Gasteiger partial charge is 0.347 e. The van der Waals surface area contributed by atoms with Gasteiger partial charge in [-0.15, -0.1) is 0 Å². The summed E-state index contributed by atoms with van der Waals surface area (Å²) >= 11 is 0. The van der Waals surface area contributed by atoms with E-state index in [4.69, 9.17) is 23.8 Å². The number of oxime groups is 1. The molecule has 1 aliphatic rings. The van der Waals surface area contributed by atoms with Crippen LogP contribution in [0.3, 0.4) is 0 Å². The van der Waals surface area contributed by atoms with Crippen molar-refractivity contribution in [3.05, 3.63) is 83.9 Å². The molecule has 0 saturated heterocycles. The van der Waals surface area contributed by atoms with Crippen molar-refractivity contribution >= 4 is 23.3 Å². The average molecular weight is 491 g/mol. The quantitative estimate of drug-likeness (QED) is 0.257. The first-order valence-corrected chi connectivity index (χ1v) is 11.3. The Bertz CT molecular complexity index is 1230. The number of fused-ring (bicyclic) bond motifs is 1. The van der Waals surface area contributed by atoms with E-state index in [1.807, 2.05) is 36.4 Å². The highest BCUT2D eigenvalue weighted by atomic mass is 16.7. The molecule has 1 N–H and O–H groups in total. The number of rotatable bonds is 10. The van der Waals surface area contributed by atoms with Crippen LogP contribution >= 0.6 is 0 Å². The van der Waals surface area contributed by atoms with Gasteiger partial charge in [0.25, 0.3) is 5.91 Å². The number of anilines is 1. The van der Waals surface area contributed by atoms with Gasteiger partial charge in [-0.1, -0.05) is 35.5 Å². The Labute approximate surface area is 208 Å². The lowest BCUT2D eigenvalue weighted by Gasteiger charge is -2.13. The number of carbonyl (C=O) groups is 2. The maximum atomic E-state index is 12.4. The molecule has 186 valence electrons. The minimum absolute atomic E-state index is 0.178. The molecule has 1 unspecified atom stereocenters. The molecule has 1 amide bonds. The molecule has 3 aromatic carbocycles. The third-order valence-corrected chi connectivity index (χ3v) is 5.22. The number of esters is 1. The summed E-state index contributed by atoms with van der Waals surface area (Å²) in [6, 6.07) is 22.1. The highest BCUT2D eigenvalue weighted by molar-refractivity contribution is 5.99. The predicted octanol–water partition coefficient (Wildman–Crippen LogP) is 4.31. The zero-order valence-electron chi connectivity index (χ0n) is 19.9. The van der Waals surface area contributed by atoms with Crippen LogP contribution in [0.1, 0.15) is 25.0 Å². The van der Waals surface area contributed by atoms with E-state index in [-0.39, 0.29) is 6.79 Å². The third kappa shape index (κ3) is 6.75. The Hall–Kier alpha value is -4.53. The fourth-order valence-electron chi connectivity index (χ4n) is 3.26. The Morgan fingerprint density at radius 2 is 1.75 bits per heavy atom. The molecule has 3 aromatic rings. The lowest BCUT2D eigenvalue weighted by Crippen LogP contribution is -2.31. The monoisotopic (exact) mass is 490 g/mol. The van der Waals surface area contributed by atoms with E-state index >= 15 is 0 Å². The molecule has 0 fully saturated rings. The van der Waals surface area contributed by atoms with E-state index in [9.17, 15) is 9.59 Å². The van der Waals surface area contributed by atoms with Gasteiger partial charge in [-0.3, -0.25) is 4.79 Å². The van der Waals surface area contributed by atoms with E-state index in [1.54, 1.807) is 43.3 Å². The molecule has 1 aliphatic heterocycles. The van der Waals surface area contributed by atoms with Crippen molar-refractivity contribution in [1.82, 2.24) is 0 Å². The van der Waals surface area contributed by atoms with E-state index < -0.39 is 24.6 Å². The number of hydrogen-bond donors (Lipinski definition) is 1. The third-order valence-electron chi connectivity index (χ3n) is 5.22. The Kier molecular flexibility index (Phi) is 8.02. The molecule has 1 atom stereocenters. The maximum Gasteiger partial charge on any atom is 0.347 e. The molecule has 0 aromatic heterocycles. The SMILES string of the molecule is C/C(=N/OCC(=O)OC(C)C(=O)Nc1ccc(OCc2ccccc2)cc1)c1ccc2c(c1)OCO2. The molecule has 0 aliphatic carbocycles. The summed E-state index contributed by atoms with van der Waals surface area (Å²) in [7, 11) is 0. The second-order valence-electron chi connectivity index (χ2n) is 7.94. The average Bonchev–Trinajstić information content (AvgIpc) is 3.37. The van der Waals surface area contributed by atoms with Crippen molar-refractivity contribution in [2.75, 3.05) is 18.7 Å². The number of amides is 1. The van der Waals surface area contributed by atoms with Gasteiger partial charge in [0.15, 0.2) is 17.6 Å². The van der Waals surface area contributed by atoms with Crippen LogP contribution in [0, 0.1) is 0 Å². The first-order valence-electron chi connectivity index (χ1n) is 11.3. The van der Waals surface area contributed by atoms with Gasteiger partial charge in [-0.2, -0.15) is 0 Å². The van der Waals surface area contributed by atoms with Crippen LogP contribution in [0.4, 0.5) is 5.69 Å². The van der Waals surface area contributed by atoms with Crippen LogP contribution in [0.2, 0.25) is 0 Å². The summed E-state index contributed by atoms with van der Waals surface area (Å²) in [4.78, 5) is 29.6. The van der Waals surface area contributed by atoms with E-state index in [1.165, 1.54) is 6.92 Å². The van der Waals surface area contributed by atoms with Gasteiger partial charge in [0.05, 0.1) is 5.71 Å². The zero-order valence-corrected chi connectivity index (χ0v) is 19.9. The van der Waals surface area contributed by atoms with Crippen molar-refractivity contribution in [2.45, 2.75) is 26.6 Å². The fourth-order valence-corrected chi connectivity index (χ4v) is 3.26. The van der Waals surface area contributed by atoms with Crippen LogP contribution in [-0.4, -0.2) is 37.1 Å². The van der Waals surface area contributed by atoms with Crippen molar-refractivity contribution < 1.29 is 33.4 Å². The number of hydrogen-bond acceptors (Lipinski definition) is 8. The topological polar surface area (TPSA) is 105 Å². The standard InChI is InChI=1S/C27H26N2O7/c1-18(21-8-13-24-25(14-21)34-17-33-24)29-35-16-26(30)36-19(2)27(31)28-22-9-11-23(12-10-22)32-15-20-6-4-3-5-7-20/h3-14,19H,15-17H2,1-2H3,(H,28,31)/b29-18-. The van der Waals surface area contributed by atoms with Crippen LogP contribution < -0.4 is 19.5 Å². The van der Waals surface area contributed by atoms with Crippen LogP contribution in [0.25, 0.3) is 0 Å². The van der Waals surface area contributed by atoms with Gasteiger partial charge in [0, 0.05) is 11.3 Å². The molecule has 9 heteroatoms. The van der Waals surface area contributed by atoms with Gasteiger partial charge < -0.3 is 29.1 Å². The first-order chi connectivity index (χ1) is 17.5. The maximum absolute atomic E-state index is 12.4. The second kappa shape index (κ2) is 11.7. The fraction of sp³-hybridized carbons (Fsp3) is 0.222. The summed E-state index contributed by atoms with van der Waals surface area (Å²) in [5.41, 5.74) is 2.92. The minimum Gasteiger partial charge on any atom is -0.489 e. The first kappa shape index (κ1) is 24.6. The van der Waals surface area contributed by atoms with Crippen LogP contribution in [-0.2, 0) is 25.8 Å². The lowest BCUT2D eigenvalue weighted by molar-refractivity contribution is -0.157. The van der Waals surface area contributed by atoms with Gasteiger partial charge in [-0.25, -0.2) is 4.79 Å². The van der Waals surface area contributed by atoms with Gasteiger partial charge in [0.1, 0.15) is 12.4 Å². The Balaban J connectivity index is 1.19. The Morgan fingerprint density at radius 1 is 1.00 bits per heavy atom. The zero-order chi connectivity index (χ0) is 25.3. The number of ether oxygens (including phenoxy) is 4. The van der Waals surface area contributed by atoms with Crippen molar-refractivity contribution in [1.29, 1.82) is 0 Å². The van der Waals surface area contributed by atoms with Gasteiger partial charge in [0.2, 0.25) is 13.4 Å². The molecule has 1 heterocycles. The number of benzene rings is 3. The summed E-state index contributed by atoms with van der Waals surface area (Å²) in [5, 5.41) is 6.63. The van der Waals surface area contributed by atoms with Gasteiger partial charge in [-0.05, 0) is 61.9 Å². The molecule has 0 radical (unpaired) electrons. The lowest BCUT2D eigenvalue weighted by atomic mass is 10.1. The number of carbonyl (C=O) groups excluding carboxylic acids is 2. The highest BCUT2D eigenvalue weighted by Gasteiger charge is 2.19. The highest BCUT2D eigenvalue weighted by Crippen LogP contribution is 2.32. The molecular weight excluding hydrogens is 464 g/mol. The largest absolute Gasteiger partial charge is 0.489 e. The normalized spacial score (nSPS) is 13.0. The summed E-state index contributed by atoms with van der Waals surface area (Å²) in [6.45, 7) is 3.40. The summed E-state index contributed by atoms with van der Waals surface area (Å²) in [5.74, 6) is 0.766. The van der Waals surface area contributed by atoms with Gasteiger partial charge >= 0.3 is 5.97 Å². The molecule has 36 heavy (non-hydrogen) atoms. The Morgan fingerprint density at radius 3 is 2.53 bits per heavy atom. The molecule has 0 spiro atoms. The number of nitrogens with one attached hydrogen (secondary N) is 1.